The van der Waals surface area contributed by atoms with E-state index in [-0.39, 0.29) is 11.7 Å². The molecule has 0 amide bonds. The number of hydrogen-bond donors (Lipinski definition) is 1. The van der Waals surface area contributed by atoms with Crippen LogP contribution >= 0.6 is 0 Å². The molecule has 0 bridgehead atoms. The number of piperidine rings is 1. The average Bonchev–Trinajstić information content (AvgIpc) is 2.55. The zero-order chi connectivity index (χ0) is 15.8. The predicted molar refractivity (Wildman–Crippen MR) is 86.3 cm³/mol. The van der Waals surface area contributed by atoms with E-state index < -0.39 is 6.10 Å². The van der Waals surface area contributed by atoms with Crippen molar-refractivity contribution in [2.24, 2.45) is 5.92 Å². The SMILES string of the molecule is CCCCOCCN1CCC(C(O)c2ccc(F)cc2)CC1. The molecular weight excluding hydrogens is 281 g/mol. The molecule has 1 atom stereocenters. The molecule has 0 saturated carbocycles. The molecule has 1 unspecified atom stereocenters. The Labute approximate surface area is 133 Å². The number of aliphatic hydroxyl groups excluding tert-OH is 1. The third kappa shape index (κ3) is 5.34. The molecule has 1 saturated heterocycles. The van der Waals surface area contributed by atoms with Crippen molar-refractivity contribution in [3.63, 3.8) is 0 Å². The van der Waals surface area contributed by atoms with Crippen LogP contribution in [0, 0.1) is 11.7 Å². The van der Waals surface area contributed by atoms with Crippen LogP contribution in [0.15, 0.2) is 24.3 Å². The van der Waals surface area contributed by atoms with Crippen molar-refractivity contribution < 1.29 is 14.2 Å². The first-order valence-electron chi connectivity index (χ1n) is 8.44. The topological polar surface area (TPSA) is 32.7 Å². The number of halogens is 1. The summed E-state index contributed by atoms with van der Waals surface area (Å²) in [6.45, 7) is 6.80. The van der Waals surface area contributed by atoms with Gasteiger partial charge in [0.1, 0.15) is 5.82 Å². The zero-order valence-electron chi connectivity index (χ0n) is 13.5. The van der Waals surface area contributed by atoms with Gasteiger partial charge in [-0.2, -0.15) is 0 Å². The van der Waals surface area contributed by atoms with Crippen LogP contribution in [0.25, 0.3) is 0 Å². The van der Waals surface area contributed by atoms with E-state index in [1.54, 1.807) is 12.1 Å². The van der Waals surface area contributed by atoms with Gasteiger partial charge in [0.15, 0.2) is 0 Å². The van der Waals surface area contributed by atoms with Crippen LogP contribution in [0.3, 0.4) is 0 Å². The van der Waals surface area contributed by atoms with E-state index in [0.29, 0.717) is 0 Å². The summed E-state index contributed by atoms with van der Waals surface area (Å²) in [7, 11) is 0. The molecule has 22 heavy (non-hydrogen) atoms. The maximum atomic E-state index is 12.9. The summed E-state index contributed by atoms with van der Waals surface area (Å²) < 4.78 is 18.5. The summed E-state index contributed by atoms with van der Waals surface area (Å²) in [5.74, 6) is 0.0107. The van der Waals surface area contributed by atoms with Crippen molar-refractivity contribution in [3.05, 3.63) is 35.6 Å². The quantitative estimate of drug-likeness (QED) is 0.747. The number of hydrogen-bond acceptors (Lipinski definition) is 3. The molecule has 1 aromatic carbocycles. The molecule has 1 aromatic rings. The maximum Gasteiger partial charge on any atom is 0.123 e. The molecule has 0 spiro atoms. The van der Waals surface area contributed by atoms with Crippen LogP contribution in [-0.4, -0.2) is 42.9 Å². The van der Waals surface area contributed by atoms with Gasteiger partial charge in [-0.15, -0.1) is 0 Å². The minimum Gasteiger partial charge on any atom is -0.388 e. The van der Waals surface area contributed by atoms with Gasteiger partial charge in [-0.05, 0) is 56.0 Å². The summed E-state index contributed by atoms with van der Waals surface area (Å²) in [4.78, 5) is 2.40. The van der Waals surface area contributed by atoms with Crippen molar-refractivity contribution in [1.82, 2.24) is 4.90 Å². The van der Waals surface area contributed by atoms with E-state index in [1.807, 2.05) is 0 Å². The average molecular weight is 309 g/mol. The highest BCUT2D eigenvalue weighted by Crippen LogP contribution is 2.30. The van der Waals surface area contributed by atoms with E-state index in [2.05, 4.69) is 11.8 Å². The van der Waals surface area contributed by atoms with Crippen molar-refractivity contribution >= 4 is 0 Å². The second kappa shape index (κ2) is 9.23. The zero-order valence-corrected chi connectivity index (χ0v) is 13.5. The van der Waals surface area contributed by atoms with Gasteiger partial charge in [-0.1, -0.05) is 25.5 Å². The molecule has 1 aliphatic heterocycles. The molecule has 0 aromatic heterocycles. The standard InChI is InChI=1S/C18H28FNO2/c1-2-3-13-22-14-12-20-10-8-16(9-11-20)18(21)15-4-6-17(19)7-5-15/h4-7,16,18,21H,2-3,8-14H2,1H3. The van der Waals surface area contributed by atoms with Crippen LogP contribution < -0.4 is 0 Å². The Morgan fingerprint density at radius 1 is 1.23 bits per heavy atom. The lowest BCUT2D eigenvalue weighted by Gasteiger charge is -2.34. The highest BCUT2D eigenvalue weighted by atomic mass is 19.1. The Bertz CT molecular complexity index is 416. The van der Waals surface area contributed by atoms with Gasteiger partial charge >= 0.3 is 0 Å². The highest BCUT2D eigenvalue weighted by molar-refractivity contribution is 5.19. The molecule has 1 N–H and O–H groups in total. The number of aliphatic hydroxyl groups is 1. The van der Waals surface area contributed by atoms with Crippen molar-refractivity contribution in [3.8, 4) is 0 Å². The first-order valence-corrected chi connectivity index (χ1v) is 8.44. The Kier molecular flexibility index (Phi) is 7.30. The summed E-state index contributed by atoms with van der Waals surface area (Å²) >= 11 is 0. The summed E-state index contributed by atoms with van der Waals surface area (Å²) in [5, 5.41) is 10.4. The van der Waals surface area contributed by atoms with Gasteiger partial charge in [0.2, 0.25) is 0 Å². The molecule has 1 heterocycles. The van der Waals surface area contributed by atoms with E-state index in [0.717, 1.165) is 57.7 Å². The Hall–Kier alpha value is -0.970. The van der Waals surface area contributed by atoms with Crippen LogP contribution in [-0.2, 0) is 4.74 Å². The number of ether oxygens (including phenoxy) is 1. The van der Waals surface area contributed by atoms with Gasteiger partial charge in [-0.3, -0.25) is 0 Å². The minimum atomic E-state index is -0.483. The fraction of sp³-hybridized carbons (Fsp3) is 0.667. The number of likely N-dealkylation sites (tertiary alicyclic amines) is 1. The summed E-state index contributed by atoms with van der Waals surface area (Å²) in [6, 6.07) is 6.21. The highest BCUT2D eigenvalue weighted by Gasteiger charge is 2.26. The van der Waals surface area contributed by atoms with E-state index >= 15 is 0 Å². The summed E-state index contributed by atoms with van der Waals surface area (Å²) in [6.07, 6.45) is 3.78. The van der Waals surface area contributed by atoms with Crippen molar-refractivity contribution in [2.45, 2.75) is 38.7 Å². The smallest absolute Gasteiger partial charge is 0.123 e. The molecular formula is C18H28FNO2. The lowest BCUT2D eigenvalue weighted by atomic mass is 9.87. The molecule has 1 aliphatic rings. The van der Waals surface area contributed by atoms with Crippen LogP contribution in [0.1, 0.15) is 44.3 Å². The van der Waals surface area contributed by atoms with Gasteiger partial charge in [-0.25, -0.2) is 4.39 Å². The molecule has 3 nitrogen and oxygen atoms in total. The number of unbranched alkanes of at least 4 members (excludes halogenated alkanes) is 1. The van der Waals surface area contributed by atoms with Gasteiger partial charge in [0.05, 0.1) is 12.7 Å². The van der Waals surface area contributed by atoms with Crippen LogP contribution in [0.4, 0.5) is 4.39 Å². The first kappa shape index (κ1) is 17.4. The summed E-state index contributed by atoms with van der Waals surface area (Å²) in [5.41, 5.74) is 0.822. The second-order valence-electron chi connectivity index (χ2n) is 6.14. The Morgan fingerprint density at radius 3 is 2.55 bits per heavy atom. The van der Waals surface area contributed by atoms with Crippen molar-refractivity contribution in [2.75, 3.05) is 32.8 Å². The second-order valence-corrected chi connectivity index (χ2v) is 6.14. The van der Waals surface area contributed by atoms with Gasteiger partial charge in [0, 0.05) is 13.2 Å². The van der Waals surface area contributed by atoms with Crippen molar-refractivity contribution in [1.29, 1.82) is 0 Å². The van der Waals surface area contributed by atoms with Gasteiger partial charge < -0.3 is 14.7 Å². The van der Waals surface area contributed by atoms with Gasteiger partial charge in [0.25, 0.3) is 0 Å². The third-order valence-corrected chi connectivity index (χ3v) is 4.48. The lowest BCUT2D eigenvalue weighted by molar-refractivity contribution is 0.0437. The fourth-order valence-corrected chi connectivity index (χ4v) is 2.97. The maximum absolute atomic E-state index is 12.9. The molecule has 0 radical (unpaired) electrons. The van der Waals surface area contributed by atoms with E-state index in [1.165, 1.54) is 18.6 Å². The fourth-order valence-electron chi connectivity index (χ4n) is 2.97. The van der Waals surface area contributed by atoms with E-state index in [9.17, 15) is 9.50 Å². The molecule has 1 fully saturated rings. The third-order valence-electron chi connectivity index (χ3n) is 4.48. The molecule has 2 rings (SSSR count). The minimum absolute atomic E-state index is 0.256. The predicted octanol–water partition coefficient (Wildman–Crippen LogP) is 3.39. The van der Waals surface area contributed by atoms with Crippen LogP contribution in [0.2, 0.25) is 0 Å². The van der Waals surface area contributed by atoms with E-state index in [4.69, 9.17) is 4.74 Å². The lowest BCUT2D eigenvalue weighted by Crippen LogP contribution is -2.37. The first-order chi connectivity index (χ1) is 10.7. The number of rotatable bonds is 8. The number of nitrogens with zero attached hydrogens (tertiary/aromatic N) is 1. The Balaban J connectivity index is 1.69. The van der Waals surface area contributed by atoms with Crippen LogP contribution in [0.5, 0.6) is 0 Å². The molecule has 124 valence electrons. The molecule has 0 aliphatic carbocycles. The number of benzene rings is 1. The molecule has 4 heteroatoms. The Morgan fingerprint density at radius 2 is 1.91 bits per heavy atom. The monoisotopic (exact) mass is 309 g/mol. The normalized spacial score (nSPS) is 18.5. The largest absolute Gasteiger partial charge is 0.388 e.